The Morgan fingerprint density at radius 1 is 1.07 bits per heavy atom. The van der Waals surface area contributed by atoms with Crippen LogP contribution >= 0.6 is 11.6 Å². The van der Waals surface area contributed by atoms with Gasteiger partial charge >= 0.3 is 0 Å². The van der Waals surface area contributed by atoms with Gasteiger partial charge in [-0.25, -0.2) is 4.98 Å². The summed E-state index contributed by atoms with van der Waals surface area (Å²) >= 11 is 6.05. The van der Waals surface area contributed by atoms with Gasteiger partial charge in [-0.1, -0.05) is 29.8 Å². The predicted molar refractivity (Wildman–Crippen MR) is 113 cm³/mol. The quantitative estimate of drug-likeness (QED) is 0.455. The topological polar surface area (TPSA) is 72.9 Å². The van der Waals surface area contributed by atoms with E-state index in [1.54, 1.807) is 31.3 Å². The van der Waals surface area contributed by atoms with E-state index in [-0.39, 0.29) is 5.91 Å². The van der Waals surface area contributed by atoms with Crippen LogP contribution in [0.1, 0.15) is 10.4 Å². The third-order valence-electron chi connectivity index (χ3n) is 4.58. The molecule has 1 fully saturated rings. The second kappa shape index (κ2) is 9.94. The van der Waals surface area contributed by atoms with Gasteiger partial charge in [0.2, 0.25) is 0 Å². The van der Waals surface area contributed by atoms with Crippen LogP contribution in [0, 0.1) is 0 Å². The van der Waals surface area contributed by atoms with Crippen LogP contribution in [-0.4, -0.2) is 68.1 Å². The zero-order valence-corrected chi connectivity index (χ0v) is 16.7. The Balaban J connectivity index is 1.42. The van der Waals surface area contributed by atoms with Crippen molar-refractivity contribution in [1.29, 1.82) is 0 Å². The SMILES string of the molecule is CN=C(NCCNC(=O)c1ccccc1Cl)N1CCN(c2ccccn2)CC1. The first-order valence-corrected chi connectivity index (χ1v) is 9.71. The van der Waals surface area contributed by atoms with Crippen LogP contribution in [0.3, 0.4) is 0 Å². The number of hydrogen-bond donors (Lipinski definition) is 2. The van der Waals surface area contributed by atoms with Crippen molar-refractivity contribution >= 4 is 29.3 Å². The van der Waals surface area contributed by atoms with Gasteiger partial charge in [0.15, 0.2) is 5.96 Å². The number of nitrogens with zero attached hydrogens (tertiary/aromatic N) is 4. The molecule has 1 saturated heterocycles. The maximum absolute atomic E-state index is 12.2. The van der Waals surface area contributed by atoms with Gasteiger partial charge in [0.1, 0.15) is 5.82 Å². The lowest BCUT2D eigenvalue weighted by molar-refractivity contribution is 0.0954. The number of piperazine rings is 1. The van der Waals surface area contributed by atoms with Crippen LogP contribution in [0.25, 0.3) is 0 Å². The molecule has 2 N–H and O–H groups in total. The molecule has 8 heteroatoms. The number of carbonyl (C=O) groups is 1. The molecule has 0 bridgehead atoms. The van der Waals surface area contributed by atoms with Crippen molar-refractivity contribution in [1.82, 2.24) is 20.5 Å². The summed E-state index contributed by atoms with van der Waals surface area (Å²) in [5, 5.41) is 6.64. The summed E-state index contributed by atoms with van der Waals surface area (Å²) in [5.74, 6) is 1.67. The number of halogens is 1. The summed E-state index contributed by atoms with van der Waals surface area (Å²) in [6, 6.07) is 13.0. The Kier molecular flexibility index (Phi) is 7.08. The molecule has 28 heavy (non-hydrogen) atoms. The normalized spacial score (nSPS) is 14.7. The summed E-state index contributed by atoms with van der Waals surface area (Å²) in [6.45, 7) is 4.58. The molecule has 1 aliphatic heterocycles. The molecular formula is C20H25ClN6O. The van der Waals surface area contributed by atoms with Gasteiger partial charge in [0, 0.05) is 52.5 Å². The van der Waals surface area contributed by atoms with E-state index in [4.69, 9.17) is 11.6 Å². The number of rotatable bonds is 5. The summed E-state index contributed by atoms with van der Waals surface area (Å²) in [5.41, 5.74) is 0.485. The average molecular weight is 401 g/mol. The van der Waals surface area contributed by atoms with Gasteiger partial charge < -0.3 is 20.4 Å². The maximum Gasteiger partial charge on any atom is 0.252 e. The van der Waals surface area contributed by atoms with Crippen LogP contribution in [-0.2, 0) is 0 Å². The van der Waals surface area contributed by atoms with Crippen molar-refractivity contribution in [3.05, 3.63) is 59.2 Å². The van der Waals surface area contributed by atoms with E-state index in [0.29, 0.717) is 23.7 Å². The lowest BCUT2D eigenvalue weighted by atomic mass is 10.2. The van der Waals surface area contributed by atoms with E-state index in [0.717, 1.165) is 38.0 Å². The largest absolute Gasteiger partial charge is 0.354 e. The molecule has 0 unspecified atom stereocenters. The molecule has 2 heterocycles. The molecule has 0 radical (unpaired) electrons. The van der Waals surface area contributed by atoms with Gasteiger partial charge in [-0.3, -0.25) is 9.79 Å². The lowest BCUT2D eigenvalue weighted by Gasteiger charge is -2.37. The predicted octanol–water partition coefficient (Wildman–Crippen LogP) is 1.86. The second-order valence-corrected chi connectivity index (χ2v) is 6.78. The number of anilines is 1. The molecule has 3 rings (SSSR count). The Morgan fingerprint density at radius 3 is 2.46 bits per heavy atom. The third kappa shape index (κ3) is 5.13. The second-order valence-electron chi connectivity index (χ2n) is 6.37. The number of aliphatic imine (C=N–C) groups is 1. The Hall–Kier alpha value is -2.80. The number of guanidine groups is 1. The first-order chi connectivity index (χ1) is 13.7. The fourth-order valence-corrected chi connectivity index (χ4v) is 3.33. The summed E-state index contributed by atoms with van der Waals surface area (Å²) in [4.78, 5) is 25.4. The smallest absolute Gasteiger partial charge is 0.252 e. The fraction of sp³-hybridized carbons (Fsp3) is 0.350. The highest BCUT2D eigenvalue weighted by molar-refractivity contribution is 6.33. The molecular weight excluding hydrogens is 376 g/mol. The van der Waals surface area contributed by atoms with Crippen molar-refractivity contribution < 1.29 is 4.79 Å². The van der Waals surface area contributed by atoms with Crippen LogP contribution in [0.4, 0.5) is 5.82 Å². The lowest BCUT2D eigenvalue weighted by Crippen LogP contribution is -2.53. The maximum atomic E-state index is 12.2. The van der Waals surface area contributed by atoms with Crippen molar-refractivity contribution in [3.63, 3.8) is 0 Å². The molecule has 7 nitrogen and oxygen atoms in total. The molecule has 1 amide bonds. The molecule has 0 spiro atoms. The van der Waals surface area contributed by atoms with Crippen molar-refractivity contribution in [2.75, 3.05) is 51.2 Å². The number of benzene rings is 1. The first-order valence-electron chi connectivity index (χ1n) is 9.33. The van der Waals surface area contributed by atoms with E-state index in [2.05, 4.69) is 30.4 Å². The van der Waals surface area contributed by atoms with Crippen LogP contribution in [0.2, 0.25) is 5.02 Å². The number of carbonyl (C=O) groups excluding carboxylic acids is 1. The van der Waals surface area contributed by atoms with Crippen molar-refractivity contribution in [2.45, 2.75) is 0 Å². The molecule has 0 aliphatic carbocycles. The molecule has 1 aromatic heterocycles. The molecule has 0 atom stereocenters. The molecule has 1 aliphatic rings. The Morgan fingerprint density at radius 2 is 1.79 bits per heavy atom. The Bertz CT molecular complexity index is 805. The van der Waals surface area contributed by atoms with E-state index in [1.165, 1.54) is 0 Å². The summed E-state index contributed by atoms with van der Waals surface area (Å²) < 4.78 is 0. The van der Waals surface area contributed by atoms with Gasteiger partial charge in [-0.05, 0) is 24.3 Å². The number of aromatic nitrogens is 1. The van der Waals surface area contributed by atoms with Crippen molar-refractivity contribution in [2.24, 2.45) is 4.99 Å². The van der Waals surface area contributed by atoms with Gasteiger partial charge in [0.05, 0.1) is 10.6 Å². The van der Waals surface area contributed by atoms with E-state index in [1.807, 2.05) is 24.4 Å². The van der Waals surface area contributed by atoms with Gasteiger partial charge in [-0.15, -0.1) is 0 Å². The first kappa shape index (κ1) is 19.9. The molecule has 148 valence electrons. The van der Waals surface area contributed by atoms with Crippen LogP contribution in [0.5, 0.6) is 0 Å². The Labute approximate surface area is 170 Å². The van der Waals surface area contributed by atoms with E-state index >= 15 is 0 Å². The molecule has 2 aromatic rings. The van der Waals surface area contributed by atoms with Gasteiger partial charge in [0.25, 0.3) is 5.91 Å². The van der Waals surface area contributed by atoms with E-state index in [9.17, 15) is 4.79 Å². The average Bonchev–Trinajstić information content (AvgIpc) is 2.75. The van der Waals surface area contributed by atoms with Crippen molar-refractivity contribution in [3.8, 4) is 0 Å². The molecule has 1 aromatic carbocycles. The van der Waals surface area contributed by atoms with Crippen LogP contribution in [0.15, 0.2) is 53.7 Å². The minimum absolute atomic E-state index is 0.175. The van der Waals surface area contributed by atoms with E-state index < -0.39 is 0 Å². The highest BCUT2D eigenvalue weighted by atomic mass is 35.5. The number of amides is 1. The summed E-state index contributed by atoms with van der Waals surface area (Å²) in [7, 11) is 1.77. The summed E-state index contributed by atoms with van der Waals surface area (Å²) in [6.07, 6.45) is 1.82. The monoisotopic (exact) mass is 400 g/mol. The number of pyridine rings is 1. The highest BCUT2D eigenvalue weighted by Crippen LogP contribution is 2.14. The molecule has 0 saturated carbocycles. The highest BCUT2D eigenvalue weighted by Gasteiger charge is 2.20. The zero-order valence-electron chi connectivity index (χ0n) is 15.9. The minimum Gasteiger partial charge on any atom is -0.354 e. The standard InChI is InChI=1S/C20H25ClN6O/c1-22-20(25-11-10-24-19(28)16-6-2-3-7-17(16)21)27-14-12-26(13-15-27)18-8-4-5-9-23-18/h2-9H,10-15H2,1H3,(H,22,25)(H,24,28). The fourth-order valence-electron chi connectivity index (χ4n) is 3.11. The van der Waals surface area contributed by atoms with Crippen LogP contribution < -0.4 is 15.5 Å². The van der Waals surface area contributed by atoms with Gasteiger partial charge in [-0.2, -0.15) is 0 Å². The number of hydrogen-bond acceptors (Lipinski definition) is 4. The number of nitrogens with one attached hydrogen (secondary N) is 2. The zero-order chi connectivity index (χ0) is 19.8. The third-order valence-corrected chi connectivity index (χ3v) is 4.91. The minimum atomic E-state index is -0.175.